The van der Waals surface area contributed by atoms with Crippen molar-refractivity contribution in [2.45, 2.75) is 45.7 Å². The van der Waals surface area contributed by atoms with Crippen LogP contribution >= 0.6 is 0 Å². The van der Waals surface area contributed by atoms with Crippen LogP contribution in [0, 0.1) is 5.92 Å². The van der Waals surface area contributed by atoms with Crippen LogP contribution in [0.15, 0.2) is 0 Å². The first-order valence-corrected chi connectivity index (χ1v) is 6.26. The molecule has 1 fully saturated rings. The summed E-state index contributed by atoms with van der Waals surface area (Å²) in [6.07, 6.45) is 1.98. The third kappa shape index (κ3) is 2.95. The van der Waals surface area contributed by atoms with Gasteiger partial charge in [-0.15, -0.1) is 0 Å². The second kappa shape index (κ2) is 6.21. The second-order valence-electron chi connectivity index (χ2n) is 4.68. The van der Waals surface area contributed by atoms with E-state index in [-0.39, 0.29) is 30.5 Å². The van der Waals surface area contributed by atoms with E-state index in [1.54, 1.807) is 0 Å². The largest absolute Gasteiger partial charge is 0.396 e. The number of nitrogens with one attached hydrogen (secondary N) is 1. The third-order valence-electron chi connectivity index (χ3n) is 3.53. The van der Waals surface area contributed by atoms with Gasteiger partial charge in [-0.05, 0) is 32.2 Å². The summed E-state index contributed by atoms with van der Waals surface area (Å²) in [6.45, 7) is 7.81. The summed E-state index contributed by atoms with van der Waals surface area (Å²) in [4.78, 5) is 14.1. The van der Waals surface area contributed by atoms with Crippen molar-refractivity contribution < 1.29 is 9.90 Å². The number of carbonyl (C=O) groups excluding carboxylic acids is 1. The zero-order valence-electron chi connectivity index (χ0n) is 10.6. The van der Waals surface area contributed by atoms with Crippen molar-refractivity contribution >= 4 is 5.91 Å². The number of hydrogen-bond acceptors (Lipinski definition) is 3. The first-order chi connectivity index (χ1) is 7.61. The van der Waals surface area contributed by atoms with E-state index >= 15 is 0 Å². The maximum absolute atomic E-state index is 12.2. The zero-order chi connectivity index (χ0) is 12.1. The standard InChI is InChI=1S/C12H24N2O2/c1-4-13-11-6-5-7-14(12(11)16)10(3)9(2)8-15/h9-11,13,15H,4-8H2,1-3H3. The van der Waals surface area contributed by atoms with Gasteiger partial charge in [0.1, 0.15) is 0 Å². The topological polar surface area (TPSA) is 52.6 Å². The predicted octanol–water partition coefficient (Wildman–Crippen LogP) is 0.604. The van der Waals surface area contributed by atoms with Crippen molar-refractivity contribution in [3.8, 4) is 0 Å². The molecule has 2 N–H and O–H groups in total. The number of hydrogen-bond donors (Lipinski definition) is 2. The SMILES string of the molecule is CCNC1CCCN(C(C)C(C)CO)C1=O. The van der Waals surface area contributed by atoms with Gasteiger partial charge in [-0.25, -0.2) is 0 Å². The van der Waals surface area contributed by atoms with Crippen LogP contribution in [0.4, 0.5) is 0 Å². The molecule has 4 heteroatoms. The molecule has 16 heavy (non-hydrogen) atoms. The predicted molar refractivity (Wildman–Crippen MR) is 64.1 cm³/mol. The van der Waals surface area contributed by atoms with Crippen LogP contribution in [0.2, 0.25) is 0 Å². The Hall–Kier alpha value is -0.610. The van der Waals surface area contributed by atoms with Crippen LogP contribution in [0.25, 0.3) is 0 Å². The second-order valence-corrected chi connectivity index (χ2v) is 4.68. The molecule has 0 spiro atoms. The molecule has 0 radical (unpaired) electrons. The summed E-state index contributed by atoms with van der Waals surface area (Å²) in [5.41, 5.74) is 0. The lowest BCUT2D eigenvalue weighted by molar-refractivity contribution is -0.139. The van der Waals surface area contributed by atoms with Crippen molar-refractivity contribution in [2.75, 3.05) is 19.7 Å². The van der Waals surface area contributed by atoms with Crippen LogP contribution in [0.5, 0.6) is 0 Å². The van der Waals surface area contributed by atoms with E-state index in [1.165, 1.54) is 0 Å². The molecule has 3 atom stereocenters. The number of amides is 1. The number of carbonyl (C=O) groups is 1. The van der Waals surface area contributed by atoms with Crippen LogP contribution in [-0.4, -0.2) is 47.7 Å². The van der Waals surface area contributed by atoms with E-state index in [0.29, 0.717) is 0 Å². The molecule has 0 aromatic heterocycles. The molecule has 4 nitrogen and oxygen atoms in total. The van der Waals surface area contributed by atoms with Gasteiger partial charge >= 0.3 is 0 Å². The van der Waals surface area contributed by atoms with Crippen LogP contribution in [0.3, 0.4) is 0 Å². The van der Waals surface area contributed by atoms with E-state index in [0.717, 1.165) is 25.9 Å². The van der Waals surface area contributed by atoms with Gasteiger partial charge in [0.2, 0.25) is 5.91 Å². The van der Waals surface area contributed by atoms with Gasteiger partial charge < -0.3 is 15.3 Å². The van der Waals surface area contributed by atoms with E-state index in [9.17, 15) is 4.79 Å². The number of likely N-dealkylation sites (tertiary alicyclic amines) is 1. The molecular formula is C12H24N2O2. The average molecular weight is 228 g/mol. The molecule has 0 aromatic carbocycles. The summed E-state index contributed by atoms with van der Waals surface area (Å²) in [7, 11) is 0. The molecule has 1 aliphatic rings. The van der Waals surface area contributed by atoms with Gasteiger partial charge in [0.05, 0.1) is 6.04 Å². The summed E-state index contributed by atoms with van der Waals surface area (Å²) < 4.78 is 0. The first-order valence-electron chi connectivity index (χ1n) is 6.26. The van der Waals surface area contributed by atoms with E-state index in [2.05, 4.69) is 5.32 Å². The molecule has 0 bridgehead atoms. The maximum Gasteiger partial charge on any atom is 0.239 e. The van der Waals surface area contributed by atoms with Gasteiger partial charge in [-0.2, -0.15) is 0 Å². The Balaban J connectivity index is 2.62. The van der Waals surface area contributed by atoms with Crippen LogP contribution in [-0.2, 0) is 4.79 Å². The lowest BCUT2D eigenvalue weighted by atomic mass is 9.97. The molecule has 3 unspecified atom stereocenters. The lowest BCUT2D eigenvalue weighted by Crippen LogP contribution is -2.55. The number of aliphatic hydroxyl groups excluding tert-OH is 1. The molecule has 1 saturated heterocycles. The van der Waals surface area contributed by atoms with Gasteiger partial charge in [0.15, 0.2) is 0 Å². The summed E-state index contributed by atoms with van der Waals surface area (Å²) >= 11 is 0. The minimum atomic E-state index is -0.0212. The summed E-state index contributed by atoms with van der Waals surface area (Å²) in [5, 5.41) is 12.4. The smallest absolute Gasteiger partial charge is 0.239 e. The molecule has 1 heterocycles. The lowest BCUT2D eigenvalue weighted by Gasteiger charge is -2.38. The molecule has 94 valence electrons. The quantitative estimate of drug-likeness (QED) is 0.724. The summed E-state index contributed by atoms with van der Waals surface area (Å²) in [6, 6.07) is 0.103. The van der Waals surface area contributed by atoms with Crippen LogP contribution in [0.1, 0.15) is 33.6 Å². The molecular weight excluding hydrogens is 204 g/mol. The van der Waals surface area contributed by atoms with Crippen molar-refractivity contribution in [1.29, 1.82) is 0 Å². The van der Waals surface area contributed by atoms with Gasteiger partial charge in [0, 0.05) is 19.2 Å². The van der Waals surface area contributed by atoms with Gasteiger partial charge in [-0.3, -0.25) is 4.79 Å². The maximum atomic E-state index is 12.2. The molecule has 1 rings (SSSR count). The molecule has 0 aliphatic carbocycles. The van der Waals surface area contributed by atoms with E-state index in [1.807, 2.05) is 25.7 Å². The Morgan fingerprint density at radius 1 is 1.56 bits per heavy atom. The van der Waals surface area contributed by atoms with Crippen molar-refractivity contribution in [3.05, 3.63) is 0 Å². The van der Waals surface area contributed by atoms with E-state index < -0.39 is 0 Å². The van der Waals surface area contributed by atoms with Gasteiger partial charge in [-0.1, -0.05) is 13.8 Å². The highest BCUT2D eigenvalue weighted by Gasteiger charge is 2.32. The van der Waals surface area contributed by atoms with Gasteiger partial charge in [0.25, 0.3) is 0 Å². The minimum Gasteiger partial charge on any atom is -0.396 e. The fourth-order valence-corrected chi connectivity index (χ4v) is 2.20. The fourth-order valence-electron chi connectivity index (χ4n) is 2.20. The number of aliphatic hydroxyl groups is 1. The van der Waals surface area contributed by atoms with Crippen molar-refractivity contribution in [2.24, 2.45) is 5.92 Å². The Labute approximate surface area is 98.0 Å². The third-order valence-corrected chi connectivity index (χ3v) is 3.53. The zero-order valence-corrected chi connectivity index (χ0v) is 10.6. The van der Waals surface area contributed by atoms with Crippen LogP contribution < -0.4 is 5.32 Å². The molecule has 1 aliphatic heterocycles. The molecule has 1 amide bonds. The van der Waals surface area contributed by atoms with Crippen molar-refractivity contribution in [3.63, 3.8) is 0 Å². The Bertz CT molecular complexity index is 231. The molecule has 0 saturated carbocycles. The average Bonchev–Trinajstić information content (AvgIpc) is 2.30. The highest BCUT2D eigenvalue weighted by Crippen LogP contribution is 2.18. The normalized spacial score (nSPS) is 25.6. The highest BCUT2D eigenvalue weighted by molar-refractivity contribution is 5.82. The molecule has 0 aromatic rings. The highest BCUT2D eigenvalue weighted by atomic mass is 16.3. The number of piperidine rings is 1. The Morgan fingerprint density at radius 3 is 2.81 bits per heavy atom. The first kappa shape index (κ1) is 13.5. The van der Waals surface area contributed by atoms with E-state index in [4.69, 9.17) is 5.11 Å². The number of nitrogens with zero attached hydrogens (tertiary/aromatic N) is 1. The van der Waals surface area contributed by atoms with Crippen molar-refractivity contribution in [1.82, 2.24) is 10.2 Å². The Morgan fingerprint density at radius 2 is 2.25 bits per heavy atom. The minimum absolute atomic E-state index is 0.0212. The summed E-state index contributed by atoms with van der Waals surface area (Å²) in [5.74, 6) is 0.338. The monoisotopic (exact) mass is 228 g/mol. The fraction of sp³-hybridized carbons (Fsp3) is 0.917. The Kier molecular flexibility index (Phi) is 5.22. The number of rotatable bonds is 5. The number of likely N-dealkylation sites (N-methyl/N-ethyl adjacent to an activating group) is 1.